The number of aliphatic carboxylic acids is 2. The molecule has 0 aliphatic rings. The summed E-state index contributed by atoms with van der Waals surface area (Å²) < 4.78 is 0. The molecule has 0 radical (unpaired) electrons. The van der Waals surface area contributed by atoms with Crippen molar-refractivity contribution >= 4 is 11.9 Å². The molecule has 0 amide bonds. The van der Waals surface area contributed by atoms with Crippen molar-refractivity contribution in [2.45, 2.75) is 110 Å². The van der Waals surface area contributed by atoms with Crippen molar-refractivity contribution in [3.63, 3.8) is 0 Å². The van der Waals surface area contributed by atoms with Crippen molar-refractivity contribution in [3.8, 4) is 0 Å². The van der Waals surface area contributed by atoms with E-state index >= 15 is 0 Å². The fraction of sp³-hybridized carbons (Fsp3) is 0.818. The van der Waals surface area contributed by atoms with E-state index in [2.05, 4.69) is 19.1 Å². The Kier molecular flexibility index (Phi) is 25.4. The first-order chi connectivity index (χ1) is 13.0. The number of hydrogen-bond donors (Lipinski definition) is 3. The average Bonchev–Trinajstić information content (AvgIpc) is 2.64. The normalized spacial score (nSPS) is 10.6. The zero-order valence-electron chi connectivity index (χ0n) is 17.5. The van der Waals surface area contributed by atoms with Crippen LogP contribution in [-0.4, -0.2) is 28.7 Å². The van der Waals surface area contributed by atoms with E-state index in [0.717, 1.165) is 6.54 Å². The molecule has 0 heterocycles. The van der Waals surface area contributed by atoms with E-state index in [1.807, 2.05) is 0 Å². The zero-order chi connectivity index (χ0) is 20.6. The van der Waals surface area contributed by atoms with Crippen molar-refractivity contribution in [2.24, 2.45) is 5.73 Å². The highest BCUT2D eigenvalue weighted by Crippen LogP contribution is 2.09. The molecule has 0 aliphatic carbocycles. The Morgan fingerprint density at radius 2 is 1.04 bits per heavy atom. The lowest BCUT2D eigenvalue weighted by atomic mass is 10.1. The number of nitrogens with two attached hydrogens (primary N) is 1. The number of carbonyl (C=O) groups is 2. The fourth-order valence-electron chi connectivity index (χ4n) is 2.61. The summed E-state index contributed by atoms with van der Waals surface area (Å²) in [6.45, 7) is 3.14. The van der Waals surface area contributed by atoms with Gasteiger partial charge in [0.05, 0.1) is 12.8 Å². The first-order valence-corrected chi connectivity index (χ1v) is 10.8. The minimum absolute atomic E-state index is 0.296. The molecule has 0 saturated carbocycles. The molecule has 0 saturated heterocycles. The van der Waals surface area contributed by atoms with Crippen LogP contribution in [0.3, 0.4) is 0 Å². The quantitative estimate of drug-likeness (QED) is 0.201. The largest absolute Gasteiger partial charge is 0.481 e. The highest BCUT2D eigenvalue weighted by atomic mass is 16.4. The summed E-state index contributed by atoms with van der Waals surface area (Å²) in [7, 11) is 0. The summed E-state index contributed by atoms with van der Waals surface area (Å²) in [5.74, 6) is -2.15. The number of allylic oxidation sites excluding steroid dienone is 2. The lowest BCUT2D eigenvalue weighted by Crippen LogP contribution is -2.00. The summed E-state index contributed by atoms with van der Waals surface area (Å²) in [4.78, 5) is 19.3. The number of unbranched alkanes of at least 4 members (excludes halogenated alkanes) is 12. The van der Waals surface area contributed by atoms with Crippen LogP contribution in [0.1, 0.15) is 110 Å². The average molecular weight is 386 g/mol. The fourth-order valence-corrected chi connectivity index (χ4v) is 2.61. The van der Waals surface area contributed by atoms with E-state index < -0.39 is 11.9 Å². The second-order valence-corrected chi connectivity index (χ2v) is 7.01. The number of rotatable bonds is 18. The lowest BCUT2D eigenvalue weighted by molar-refractivity contribution is -0.143. The zero-order valence-corrected chi connectivity index (χ0v) is 17.5. The van der Waals surface area contributed by atoms with Crippen molar-refractivity contribution < 1.29 is 19.8 Å². The highest BCUT2D eigenvalue weighted by Gasteiger charge is 2.00. The Bertz CT molecular complexity index is 342. The Labute approximate surface area is 166 Å². The monoisotopic (exact) mass is 385 g/mol. The van der Waals surface area contributed by atoms with Crippen molar-refractivity contribution in [2.75, 3.05) is 6.54 Å². The number of carboxylic acid groups (broad SMARTS) is 2. The van der Waals surface area contributed by atoms with Gasteiger partial charge in [-0.1, -0.05) is 76.9 Å². The van der Waals surface area contributed by atoms with E-state index in [-0.39, 0.29) is 12.8 Å². The molecule has 4 N–H and O–H groups in total. The van der Waals surface area contributed by atoms with Gasteiger partial charge in [0.2, 0.25) is 0 Å². The predicted molar refractivity (Wildman–Crippen MR) is 113 cm³/mol. The van der Waals surface area contributed by atoms with Gasteiger partial charge in [0.25, 0.3) is 0 Å². The van der Waals surface area contributed by atoms with Crippen LogP contribution in [0.4, 0.5) is 0 Å². The number of carboxylic acids is 2. The first kappa shape index (κ1) is 27.9. The van der Waals surface area contributed by atoms with E-state index in [1.54, 1.807) is 0 Å². The minimum Gasteiger partial charge on any atom is -0.481 e. The minimum atomic E-state index is -1.08. The van der Waals surface area contributed by atoms with E-state index in [0.29, 0.717) is 0 Å². The van der Waals surface area contributed by atoms with Gasteiger partial charge in [-0.15, -0.1) is 0 Å². The summed E-state index contributed by atoms with van der Waals surface area (Å²) in [5.41, 5.74) is 5.47. The molecule has 0 atom stereocenters. The van der Waals surface area contributed by atoms with Gasteiger partial charge in [-0.25, -0.2) is 0 Å². The van der Waals surface area contributed by atoms with E-state index in [1.165, 1.54) is 89.9 Å². The molecule has 27 heavy (non-hydrogen) atoms. The first-order valence-electron chi connectivity index (χ1n) is 10.8. The molecule has 0 fully saturated rings. The molecule has 0 aromatic heterocycles. The maximum absolute atomic E-state index is 9.64. The summed E-state index contributed by atoms with van der Waals surface area (Å²) in [6, 6.07) is 0. The van der Waals surface area contributed by atoms with Gasteiger partial charge in [0.15, 0.2) is 0 Å². The maximum atomic E-state index is 9.64. The van der Waals surface area contributed by atoms with Crippen LogP contribution in [0, 0.1) is 0 Å². The molecule has 0 bridgehead atoms. The van der Waals surface area contributed by atoms with Crippen molar-refractivity contribution in [1.29, 1.82) is 0 Å². The summed E-state index contributed by atoms with van der Waals surface area (Å²) in [5, 5.41) is 15.8. The van der Waals surface area contributed by atoms with Gasteiger partial charge in [-0.2, -0.15) is 0 Å². The third kappa shape index (κ3) is 32.7. The van der Waals surface area contributed by atoms with Gasteiger partial charge >= 0.3 is 11.9 Å². The molecule has 160 valence electrons. The Balaban J connectivity index is 0. The molecular formula is C22H43NO4. The maximum Gasteiger partial charge on any atom is 0.303 e. The van der Waals surface area contributed by atoms with Gasteiger partial charge < -0.3 is 15.9 Å². The molecule has 0 unspecified atom stereocenters. The van der Waals surface area contributed by atoms with Gasteiger partial charge in [0.1, 0.15) is 0 Å². The smallest absolute Gasteiger partial charge is 0.303 e. The molecule has 0 aromatic rings. The van der Waals surface area contributed by atoms with Crippen molar-refractivity contribution in [3.05, 3.63) is 12.2 Å². The second kappa shape index (κ2) is 24.6. The van der Waals surface area contributed by atoms with Crippen LogP contribution in [0.15, 0.2) is 12.2 Å². The van der Waals surface area contributed by atoms with Crippen LogP contribution in [0.2, 0.25) is 0 Å². The third-order valence-electron chi connectivity index (χ3n) is 4.27. The van der Waals surface area contributed by atoms with Gasteiger partial charge in [0, 0.05) is 0 Å². The van der Waals surface area contributed by atoms with Crippen LogP contribution in [0.5, 0.6) is 0 Å². The Hall–Kier alpha value is -1.36. The Morgan fingerprint density at radius 3 is 1.41 bits per heavy atom. The lowest BCUT2D eigenvalue weighted by Gasteiger charge is -1.99. The molecular weight excluding hydrogens is 342 g/mol. The molecule has 0 rings (SSSR count). The Morgan fingerprint density at radius 1 is 0.667 bits per heavy atom. The van der Waals surface area contributed by atoms with Crippen LogP contribution in [-0.2, 0) is 9.59 Å². The summed E-state index contributed by atoms with van der Waals surface area (Å²) >= 11 is 0. The SMILES string of the molecule is CCCCCCCC/C=C\CCCCCCCCN.O=C(O)CCC(=O)O. The number of hydrogen-bond acceptors (Lipinski definition) is 3. The molecule has 5 nitrogen and oxygen atoms in total. The highest BCUT2D eigenvalue weighted by molar-refractivity contribution is 5.75. The predicted octanol–water partition coefficient (Wildman–Crippen LogP) is 5.92. The molecule has 0 spiro atoms. The molecule has 0 aliphatic heterocycles. The van der Waals surface area contributed by atoms with Crippen LogP contribution < -0.4 is 5.73 Å². The molecule has 5 heteroatoms. The van der Waals surface area contributed by atoms with Gasteiger partial charge in [-0.3, -0.25) is 9.59 Å². The third-order valence-corrected chi connectivity index (χ3v) is 4.27. The van der Waals surface area contributed by atoms with Gasteiger partial charge in [-0.05, 0) is 38.6 Å². The van der Waals surface area contributed by atoms with Crippen molar-refractivity contribution in [1.82, 2.24) is 0 Å². The van der Waals surface area contributed by atoms with Crippen LogP contribution >= 0.6 is 0 Å². The van der Waals surface area contributed by atoms with E-state index in [4.69, 9.17) is 15.9 Å². The molecule has 0 aromatic carbocycles. The standard InChI is InChI=1S/C18H37N.C4H6O4/c1-2-3-4-5-6-7-8-9-10-11-12-13-14-15-16-17-18-19;5-3(6)1-2-4(7)8/h9-10H,2-8,11-19H2,1H3;1-2H2,(H,5,6)(H,7,8)/b10-9-;. The van der Waals surface area contributed by atoms with Crippen LogP contribution in [0.25, 0.3) is 0 Å². The van der Waals surface area contributed by atoms with E-state index in [9.17, 15) is 9.59 Å². The summed E-state index contributed by atoms with van der Waals surface area (Å²) in [6.07, 6.45) is 23.3. The second-order valence-electron chi connectivity index (χ2n) is 7.01. The topological polar surface area (TPSA) is 101 Å².